The molecule has 0 radical (unpaired) electrons. The molecule has 2 rings (SSSR count). The second-order valence-electron chi connectivity index (χ2n) is 5.30. The van der Waals surface area contributed by atoms with E-state index in [0.717, 1.165) is 30.2 Å². The molecule has 0 unspecified atom stereocenters. The molecule has 1 aromatic carbocycles. The van der Waals surface area contributed by atoms with E-state index < -0.39 is 0 Å². The highest BCUT2D eigenvalue weighted by Crippen LogP contribution is 2.27. The van der Waals surface area contributed by atoms with Gasteiger partial charge in [0.05, 0.1) is 10.2 Å². The molecule has 104 valence electrons. The molecular weight excluding hydrogens is 254 g/mol. The summed E-state index contributed by atoms with van der Waals surface area (Å²) in [5.41, 5.74) is 2.38. The maximum atomic E-state index is 4.66. The first-order valence-electron chi connectivity index (χ1n) is 6.88. The van der Waals surface area contributed by atoms with E-state index in [1.807, 2.05) is 0 Å². The summed E-state index contributed by atoms with van der Waals surface area (Å²) < 4.78 is 1.27. The van der Waals surface area contributed by atoms with Crippen molar-refractivity contribution in [3.8, 4) is 0 Å². The minimum absolute atomic E-state index is 0.616. The minimum atomic E-state index is 0.616. The molecule has 19 heavy (non-hydrogen) atoms. The summed E-state index contributed by atoms with van der Waals surface area (Å²) in [5, 5.41) is 4.47. The monoisotopic (exact) mass is 277 g/mol. The van der Waals surface area contributed by atoms with E-state index in [0.29, 0.717) is 6.04 Å². The zero-order valence-corrected chi connectivity index (χ0v) is 13.0. The van der Waals surface area contributed by atoms with Crippen molar-refractivity contribution in [2.75, 3.05) is 25.5 Å². The Kier molecular flexibility index (Phi) is 4.77. The van der Waals surface area contributed by atoms with Gasteiger partial charge < -0.3 is 10.2 Å². The zero-order valence-electron chi connectivity index (χ0n) is 12.2. The normalized spacial score (nSPS) is 11.7. The molecule has 0 saturated heterocycles. The molecule has 4 heteroatoms. The van der Waals surface area contributed by atoms with Crippen LogP contribution < -0.4 is 5.32 Å². The third kappa shape index (κ3) is 3.67. The van der Waals surface area contributed by atoms with E-state index >= 15 is 0 Å². The Morgan fingerprint density at radius 1 is 1.37 bits per heavy atom. The summed E-state index contributed by atoms with van der Waals surface area (Å²) in [6.45, 7) is 8.67. The zero-order chi connectivity index (χ0) is 13.8. The summed E-state index contributed by atoms with van der Waals surface area (Å²) in [4.78, 5) is 7.02. The van der Waals surface area contributed by atoms with Crippen LogP contribution in [-0.4, -0.2) is 36.1 Å². The van der Waals surface area contributed by atoms with E-state index in [4.69, 9.17) is 0 Å². The minimum Gasteiger partial charge on any atom is -0.361 e. The third-order valence-corrected chi connectivity index (χ3v) is 4.44. The number of hydrogen-bond donors (Lipinski definition) is 1. The van der Waals surface area contributed by atoms with Crippen molar-refractivity contribution in [3.63, 3.8) is 0 Å². The van der Waals surface area contributed by atoms with E-state index in [1.54, 1.807) is 11.3 Å². The molecule has 0 saturated carbocycles. The quantitative estimate of drug-likeness (QED) is 0.815. The topological polar surface area (TPSA) is 28.2 Å². The number of benzene rings is 1. The first kappa shape index (κ1) is 14.3. The lowest BCUT2D eigenvalue weighted by molar-refractivity contribution is 0.273. The van der Waals surface area contributed by atoms with Crippen molar-refractivity contribution < 1.29 is 0 Å². The number of nitrogens with zero attached hydrogens (tertiary/aromatic N) is 2. The van der Waals surface area contributed by atoms with Crippen LogP contribution in [0.25, 0.3) is 10.2 Å². The first-order chi connectivity index (χ1) is 9.08. The maximum Gasteiger partial charge on any atom is 0.183 e. The molecular formula is C15H23N3S. The van der Waals surface area contributed by atoms with Crippen molar-refractivity contribution >= 4 is 26.7 Å². The van der Waals surface area contributed by atoms with Crippen molar-refractivity contribution in [3.05, 3.63) is 23.8 Å². The van der Waals surface area contributed by atoms with E-state index in [-0.39, 0.29) is 0 Å². The predicted molar refractivity (Wildman–Crippen MR) is 85.2 cm³/mol. The Labute approximate surface area is 119 Å². The van der Waals surface area contributed by atoms with Crippen LogP contribution in [-0.2, 0) is 0 Å². The van der Waals surface area contributed by atoms with Gasteiger partial charge in [-0.05, 0) is 52.4 Å². The second-order valence-corrected chi connectivity index (χ2v) is 6.33. The summed E-state index contributed by atoms with van der Waals surface area (Å²) >= 11 is 1.74. The van der Waals surface area contributed by atoms with Gasteiger partial charge in [0.1, 0.15) is 0 Å². The van der Waals surface area contributed by atoms with Crippen molar-refractivity contribution in [1.29, 1.82) is 0 Å². The Morgan fingerprint density at radius 3 is 2.84 bits per heavy atom. The standard InChI is InChI=1S/C15H23N3S/c1-11(2)18(4)10-6-9-16-15-17-14-12(3)7-5-8-13(14)19-15/h5,7-8,11H,6,9-10H2,1-4H3,(H,16,17). The number of para-hydroxylation sites is 1. The van der Waals surface area contributed by atoms with Gasteiger partial charge in [0.25, 0.3) is 0 Å². The molecule has 3 nitrogen and oxygen atoms in total. The number of hydrogen-bond acceptors (Lipinski definition) is 4. The lowest BCUT2D eigenvalue weighted by Gasteiger charge is -2.20. The van der Waals surface area contributed by atoms with Gasteiger partial charge in [0, 0.05) is 12.6 Å². The van der Waals surface area contributed by atoms with Gasteiger partial charge in [-0.15, -0.1) is 0 Å². The molecule has 2 aromatic rings. The highest BCUT2D eigenvalue weighted by molar-refractivity contribution is 7.22. The molecule has 1 heterocycles. The van der Waals surface area contributed by atoms with Crippen LogP contribution in [0.5, 0.6) is 0 Å². The molecule has 0 amide bonds. The van der Waals surface area contributed by atoms with Crippen molar-refractivity contribution in [1.82, 2.24) is 9.88 Å². The smallest absolute Gasteiger partial charge is 0.183 e. The van der Waals surface area contributed by atoms with Crippen LogP contribution in [0, 0.1) is 6.92 Å². The van der Waals surface area contributed by atoms with Gasteiger partial charge in [-0.2, -0.15) is 0 Å². The van der Waals surface area contributed by atoms with Crippen LogP contribution in [0.15, 0.2) is 18.2 Å². The molecule has 1 aromatic heterocycles. The molecule has 0 aliphatic heterocycles. The van der Waals surface area contributed by atoms with Gasteiger partial charge in [-0.25, -0.2) is 4.98 Å². The summed E-state index contributed by atoms with van der Waals surface area (Å²) in [5.74, 6) is 0. The van der Waals surface area contributed by atoms with E-state index in [2.05, 4.69) is 61.2 Å². The number of rotatable bonds is 6. The van der Waals surface area contributed by atoms with Gasteiger partial charge in [0.15, 0.2) is 5.13 Å². The highest BCUT2D eigenvalue weighted by atomic mass is 32.1. The summed E-state index contributed by atoms with van der Waals surface area (Å²) in [6.07, 6.45) is 1.14. The van der Waals surface area contributed by atoms with Gasteiger partial charge in [0.2, 0.25) is 0 Å². The molecule has 0 aliphatic rings. The number of aryl methyl sites for hydroxylation is 1. The van der Waals surface area contributed by atoms with Crippen LogP contribution in [0.3, 0.4) is 0 Å². The van der Waals surface area contributed by atoms with Gasteiger partial charge in [-0.1, -0.05) is 23.5 Å². The number of anilines is 1. The first-order valence-corrected chi connectivity index (χ1v) is 7.70. The Bertz CT molecular complexity index is 533. The van der Waals surface area contributed by atoms with E-state index in [9.17, 15) is 0 Å². The predicted octanol–water partition coefficient (Wildman–Crippen LogP) is 3.75. The lowest BCUT2D eigenvalue weighted by atomic mass is 10.2. The third-order valence-electron chi connectivity index (χ3n) is 3.47. The largest absolute Gasteiger partial charge is 0.361 e. The van der Waals surface area contributed by atoms with Crippen molar-refractivity contribution in [2.45, 2.75) is 33.2 Å². The molecule has 0 spiro atoms. The SMILES string of the molecule is Cc1cccc2sc(NCCCN(C)C(C)C)nc12. The lowest BCUT2D eigenvalue weighted by Crippen LogP contribution is -2.28. The average molecular weight is 277 g/mol. The number of nitrogens with one attached hydrogen (secondary N) is 1. The van der Waals surface area contributed by atoms with Crippen molar-refractivity contribution in [2.24, 2.45) is 0 Å². The van der Waals surface area contributed by atoms with Crippen LogP contribution in [0.1, 0.15) is 25.8 Å². The fraction of sp³-hybridized carbons (Fsp3) is 0.533. The number of aromatic nitrogens is 1. The second kappa shape index (κ2) is 6.35. The Morgan fingerprint density at radius 2 is 2.16 bits per heavy atom. The van der Waals surface area contributed by atoms with Gasteiger partial charge >= 0.3 is 0 Å². The Balaban J connectivity index is 1.87. The average Bonchev–Trinajstić information content (AvgIpc) is 2.78. The van der Waals surface area contributed by atoms with Crippen LogP contribution >= 0.6 is 11.3 Å². The van der Waals surface area contributed by atoms with Crippen LogP contribution in [0.2, 0.25) is 0 Å². The molecule has 0 fully saturated rings. The molecule has 1 N–H and O–H groups in total. The number of thiazole rings is 1. The fourth-order valence-corrected chi connectivity index (χ4v) is 2.91. The summed E-state index contributed by atoms with van der Waals surface area (Å²) in [7, 11) is 2.17. The molecule has 0 bridgehead atoms. The fourth-order valence-electron chi connectivity index (χ4n) is 1.94. The molecule has 0 aliphatic carbocycles. The van der Waals surface area contributed by atoms with Crippen LogP contribution in [0.4, 0.5) is 5.13 Å². The summed E-state index contributed by atoms with van der Waals surface area (Å²) in [6, 6.07) is 6.96. The Hall–Kier alpha value is -1.13. The highest BCUT2D eigenvalue weighted by Gasteiger charge is 2.06. The van der Waals surface area contributed by atoms with Gasteiger partial charge in [-0.3, -0.25) is 0 Å². The molecule has 0 atom stereocenters. The maximum absolute atomic E-state index is 4.66. The number of fused-ring (bicyclic) bond motifs is 1. The van der Waals surface area contributed by atoms with E-state index in [1.165, 1.54) is 10.3 Å².